The number of benzene rings is 2. The average Bonchev–Trinajstić information content (AvgIpc) is 2.74. The zero-order valence-corrected chi connectivity index (χ0v) is 21.4. The maximum absolute atomic E-state index is 12.9. The van der Waals surface area contributed by atoms with Gasteiger partial charge in [-0.25, -0.2) is 4.79 Å². The molecular weight excluding hydrogens is 436 g/mol. The zero-order valence-electron chi connectivity index (χ0n) is 21.4. The molecule has 0 spiro atoms. The standard InChI is InChI=1S/C27H36O7/c1-26(2,3)33-23(29)17-32-20-11-9-10-19(16-20)21(28)14-12-18-13-15-22(30-7)25(31-8)24(18)34-27(4,5)6/h9-11,13,15-16H,12,14,17H2,1-8H3. The maximum atomic E-state index is 12.9. The molecule has 0 fully saturated rings. The SMILES string of the molecule is COc1ccc(CCC(=O)c2cccc(OCC(=O)OC(C)(C)C)c2)c(OC(C)(C)C)c1OC. The van der Waals surface area contributed by atoms with Crippen LogP contribution in [-0.4, -0.2) is 43.8 Å². The van der Waals surface area contributed by atoms with Gasteiger partial charge in [-0.1, -0.05) is 18.2 Å². The van der Waals surface area contributed by atoms with Crippen LogP contribution in [0.5, 0.6) is 23.0 Å². The normalized spacial score (nSPS) is 11.5. The molecule has 34 heavy (non-hydrogen) atoms. The van der Waals surface area contributed by atoms with Gasteiger partial charge in [0, 0.05) is 12.0 Å². The Balaban J connectivity index is 2.12. The van der Waals surface area contributed by atoms with Gasteiger partial charge in [0.15, 0.2) is 23.9 Å². The van der Waals surface area contributed by atoms with E-state index in [-0.39, 0.29) is 18.8 Å². The predicted octanol–water partition coefficient (Wildman–Crippen LogP) is 5.42. The summed E-state index contributed by atoms with van der Waals surface area (Å²) in [7, 11) is 3.13. The molecule has 0 bridgehead atoms. The molecule has 0 aromatic heterocycles. The Hall–Kier alpha value is -3.22. The van der Waals surface area contributed by atoms with E-state index in [1.807, 2.05) is 26.8 Å². The van der Waals surface area contributed by atoms with E-state index in [1.54, 1.807) is 65.3 Å². The van der Waals surface area contributed by atoms with Crippen molar-refractivity contribution in [2.45, 2.75) is 65.6 Å². The minimum absolute atomic E-state index is 0.0563. The van der Waals surface area contributed by atoms with Crippen LogP contribution < -0.4 is 18.9 Å². The van der Waals surface area contributed by atoms with Crippen LogP contribution in [0.1, 0.15) is 63.9 Å². The first-order chi connectivity index (χ1) is 15.8. The van der Waals surface area contributed by atoms with Gasteiger partial charge in [0.05, 0.1) is 14.2 Å². The Labute approximate surface area is 202 Å². The van der Waals surface area contributed by atoms with Gasteiger partial charge in [-0.15, -0.1) is 0 Å². The first-order valence-electron chi connectivity index (χ1n) is 11.2. The van der Waals surface area contributed by atoms with Crippen molar-refractivity contribution in [2.24, 2.45) is 0 Å². The van der Waals surface area contributed by atoms with Crippen molar-refractivity contribution in [3.8, 4) is 23.0 Å². The fourth-order valence-corrected chi connectivity index (χ4v) is 3.22. The number of aryl methyl sites for hydroxylation is 1. The van der Waals surface area contributed by atoms with Crippen molar-refractivity contribution in [3.63, 3.8) is 0 Å². The van der Waals surface area contributed by atoms with E-state index in [1.165, 1.54) is 0 Å². The van der Waals surface area contributed by atoms with Crippen molar-refractivity contribution in [1.82, 2.24) is 0 Å². The third kappa shape index (κ3) is 8.28. The molecule has 0 aliphatic heterocycles. The van der Waals surface area contributed by atoms with Crippen molar-refractivity contribution >= 4 is 11.8 Å². The minimum atomic E-state index is -0.585. The first kappa shape index (κ1) is 27.0. The van der Waals surface area contributed by atoms with E-state index >= 15 is 0 Å². The van der Waals surface area contributed by atoms with Crippen molar-refractivity contribution < 1.29 is 33.3 Å². The highest BCUT2D eigenvalue weighted by atomic mass is 16.6. The summed E-state index contributed by atoms with van der Waals surface area (Å²) >= 11 is 0. The third-order valence-electron chi connectivity index (χ3n) is 4.54. The molecule has 0 unspecified atom stereocenters. The summed E-state index contributed by atoms with van der Waals surface area (Å²) < 4.78 is 27.9. The van der Waals surface area contributed by atoms with Gasteiger partial charge in [-0.05, 0) is 71.7 Å². The fourth-order valence-electron chi connectivity index (χ4n) is 3.22. The van der Waals surface area contributed by atoms with Gasteiger partial charge < -0.3 is 23.7 Å². The second kappa shape index (κ2) is 11.3. The highest BCUT2D eigenvalue weighted by Gasteiger charge is 2.23. The average molecular weight is 473 g/mol. The number of Topliss-reactive ketones (excluding diaryl/α,β-unsaturated/α-hetero) is 1. The zero-order chi connectivity index (χ0) is 25.5. The van der Waals surface area contributed by atoms with E-state index < -0.39 is 17.2 Å². The Kier molecular flexibility index (Phi) is 8.96. The molecule has 0 aliphatic rings. The van der Waals surface area contributed by atoms with Crippen LogP contribution in [-0.2, 0) is 16.0 Å². The lowest BCUT2D eigenvalue weighted by atomic mass is 10.0. The molecule has 0 aliphatic carbocycles. The van der Waals surface area contributed by atoms with Gasteiger partial charge in [0.1, 0.15) is 17.0 Å². The molecule has 2 rings (SSSR count). The first-order valence-corrected chi connectivity index (χ1v) is 11.2. The van der Waals surface area contributed by atoms with E-state index in [4.69, 9.17) is 23.7 Å². The van der Waals surface area contributed by atoms with Gasteiger partial charge in [0.2, 0.25) is 5.75 Å². The number of rotatable bonds is 10. The summed E-state index contributed by atoms with van der Waals surface area (Å²) in [6, 6.07) is 10.5. The lowest BCUT2D eigenvalue weighted by molar-refractivity contribution is -0.157. The number of ketones is 1. The van der Waals surface area contributed by atoms with E-state index in [0.717, 1.165) is 5.56 Å². The smallest absolute Gasteiger partial charge is 0.344 e. The second-order valence-electron chi connectivity index (χ2n) is 9.83. The van der Waals surface area contributed by atoms with Crippen LogP contribution in [0, 0.1) is 0 Å². The second-order valence-corrected chi connectivity index (χ2v) is 9.83. The molecule has 0 amide bonds. The fraction of sp³-hybridized carbons (Fsp3) is 0.481. The number of carbonyl (C=O) groups excluding carboxylic acids is 2. The molecule has 2 aromatic rings. The van der Waals surface area contributed by atoms with E-state index in [2.05, 4.69) is 0 Å². The molecule has 0 N–H and O–H groups in total. The summed E-state index contributed by atoms with van der Waals surface area (Å²) in [6.07, 6.45) is 0.707. The van der Waals surface area contributed by atoms with Crippen LogP contribution in [0.4, 0.5) is 0 Å². The number of esters is 1. The number of carbonyl (C=O) groups is 2. The Morgan fingerprint density at radius 1 is 0.853 bits per heavy atom. The predicted molar refractivity (Wildman–Crippen MR) is 130 cm³/mol. The highest BCUT2D eigenvalue weighted by Crippen LogP contribution is 2.42. The monoisotopic (exact) mass is 472 g/mol. The van der Waals surface area contributed by atoms with Crippen LogP contribution in [0.2, 0.25) is 0 Å². The van der Waals surface area contributed by atoms with Gasteiger partial charge in [-0.3, -0.25) is 4.79 Å². The number of methoxy groups -OCH3 is 2. The minimum Gasteiger partial charge on any atom is -0.493 e. The number of ether oxygens (including phenoxy) is 5. The van der Waals surface area contributed by atoms with Crippen LogP contribution >= 0.6 is 0 Å². The lowest BCUT2D eigenvalue weighted by Crippen LogP contribution is -2.27. The molecule has 7 heteroatoms. The van der Waals surface area contributed by atoms with Gasteiger partial charge in [-0.2, -0.15) is 0 Å². The van der Waals surface area contributed by atoms with Crippen molar-refractivity contribution in [2.75, 3.05) is 20.8 Å². The summed E-state index contributed by atoms with van der Waals surface area (Å²) in [5, 5.41) is 0. The summed E-state index contributed by atoms with van der Waals surface area (Å²) in [5.41, 5.74) is 0.301. The molecule has 0 atom stereocenters. The largest absolute Gasteiger partial charge is 0.493 e. The highest BCUT2D eigenvalue weighted by molar-refractivity contribution is 5.96. The molecule has 2 aromatic carbocycles. The molecule has 0 saturated carbocycles. The molecule has 7 nitrogen and oxygen atoms in total. The summed E-state index contributed by atoms with van der Waals surface area (Å²) in [6.45, 7) is 11.0. The van der Waals surface area contributed by atoms with Crippen LogP contribution in [0.25, 0.3) is 0 Å². The Morgan fingerprint density at radius 3 is 2.15 bits per heavy atom. The molecular formula is C27H36O7. The van der Waals surface area contributed by atoms with Crippen molar-refractivity contribution in [1.29, 1.82) is 0 Å². The maximum Gasteiger partial charge on any atom is 0.344 e. The lowest BCUT2D eigenvalue weighted by Gasteiger charge is -2.25. The third-order valence-corrected chi connectivity index (χ3v) is 4.54. The molecule has 186 valence electrons. The molecule has 0 saturated heterocycles. The van der Waals surface area contributed by atoms with Crippen LogP contribution in [0.15, 0.2) is 36.4 Å². The summed E-state index contributed by atoms with van der Waals surface area (Å²) in [4.78, 5) is 24.8. The summed E-state index contributed by atoms with van der Waals surface area (Å²) in [5.74, 6) is 1.53. The van der Waals surface area contributed by atoms with Gasteiger partial charge in [0.25, 0.3) is 0 Å². The Morgan fingerprint density at radius 2 is 1.56 bits per heavy atom. The van der Waals surface area contributed by atoms with E-state index in [9.17, 15) is 9.59 Å². The molecule has 0 radical (unpaired) electrons. The number of hydrogen-bond donors (Lipinski definition) is 0. The number of hydrogen-bond acceptors (Lipinski definition) is 7. The van der Waals surface area contributed by atoms with Gasteiger partial charge >= 0.3 is 5.97 Å². The quantitative estimate of drug-likeness (QED) is 0.337. The van der Waals surface area contributed by atoms with Crippen molar-refractivity contribution in [3.05, 3.63) is 47.5 Å². The Bertz CT molecular complexity index is 997. The topological polar surface area (TPSA) is 80.3 Å². The van der Waals surface area contributed by atoms with Crippen LogP contribution in [0.3, 0.4) is 0 Å². The van der Waals surface area contributed by atoms with E-state index in [0.29, 0.717) is 35.0 Å². The molecule has 0 heterocycles.